The second-order valence-corrected chi connectivity index (χ2v) is 9.50. The predicted octanol–water partition coefficient (Wildman–Crippen LogP) is 3.78. The second-order valence-electron chi connectivity index (χ2n) is 8.66. The van der Waals surface area contributed by atoms with Gasteiger partial charge >= 0.3 is 0 Å². The molecule has 0 saturated carbocycles. The van der Waals surface area contributed by atoms with Crippen molar-refractivity contribution in [2.24, 2.45) is 0 Å². The van der Waals surface area contributed by atoms with E-state index in [1.54, 1.807) is 0 Å². The van der Waals surface area contributed by atoms with Crippen LogP contribution in [0.2, 0.25) is 0 Å². The van der Waals surface area contributed by atoms with Crippen LogP contribution in [0.4, 0.5) is 8.78 Å². The number of nitrogens with one attached hydrogen (secondary N) is 1. The van der Waals surface area contributed by atoms with E-state index >= 15 is 0 Å². The molecule has 0 bridgehead atoms. The van der Waals surface area contributed by atoms with Crippen LogP contribution in [-0.4, -0.2) is 57.0 Å². The summed E-state index contributed by atoms with van der Waals surface area (Å²) < 4.78 is 31.0. The summed E-state index contributed by atoms with van der Waals surface area (Å²) in [5.74, 6) is -0.257. The Hall–Kier alpha value is -2.22. The van der Waals surface area contributed by atoms with Gasteiger partial charge in [0.1, 0.15) is 6.04 Å². The van der Waals surface area contributed by atoms with Crippen molar-refractivity contribution >= 4 is 20.7 Å². The molecule has 2 N–H and O–H groups in total. The Labute approximate surface area is 194 Å². The first-order valence-electron chi connectivity index (χ1n) is 11.0. The fraction of sp³-hybridized carbons (Fsp3) is 0.522. The van der Waals surface area contributed by atoms with Crippen molar-refractivity contribution in [3.8, 4) is 0 Å². The van der Waals surface area contributed by atoms with Crippen LogP contribution in [0.5, 0.6) is 0 Å². The smallest absolute Gasteiger partial charge is 0.262 e. The number of aromatic nitrogens is 2. The lowest BCUT2D eigenvalue weighted by Crippen LogP contribution is -2.48. The van der Waals surface area contributed by atoms with E-state index in [4.69, 9.17) is 4.52 Å². The molecule has 33 heavy (non-hydrogen) atoms. The molecular formula is C23H31F2N4O3P. The maximum atomic E-state index is 12.9. The average Bonchev–Trinajstić information content (AvgIpc) is 3.28. The molecule has 10 heteroatoms. The molecule has 2 heterocycles. The standard InChI is InChI=1S/C23H31F2N4O3P/c1-16(7-6-10-23(24,25)33)19-27-21(32-28-19)18(15-30)26-20(31)17-8-11-22(2,12-9-17)29-13-4-3-5-14-29/h6-9,11,18,30H,1,3-5,10,12-15,33H2,2H3,(H,26,31)/b7-6-/t18-,22?/m0/s1. The third-order valence-electron chi connectivity index (χ3n) is 5.92. The fourth-order valence-electron chi connectivity index (χ4n) is 3.90. The normalized spacial score (nSPS) is 22.9. The summed E-state index contributed by atoms with van der Waals surface area (Å²) in [6.45, 7) is 7.58. The molecule has 180 valence electrons. The van der Waals surface area contributed by atoms with E-state index in [0.29, 0.717) is 5.57 Å². The molecule has 1 aromatic heterocycles. The Bertz CT molecular complexity index is 948. The van der Waals surface area contributed by atoms with Crippen LogP contribution < -0.4 is 5.32 Å². The summed E-state index contributed by atoms with van der Waals surface area (Å²) in [6, 6.07) is -0.906. The zero-order valence-electron chi connectivity index (χ0n) is 18.8. The zero-order chi connectivity index (χ0) is 24.1. The van der Waals surface area contributed by atoms with Crippen LogP contribution in [0, 0.1) is 0 Å². The Morgan fingerprint density at radius 1 is 1.45 bits per heavy atom. The molecule has 1 amide bonds. The first-order valence-corrected chi connectivity index (χ1v) is 11.6. The van der Waals surface area contributed by atoms with Gasteiger partial charge < -0.3 is 14.9 Å². The van der Waals surface area contributed by atoms with E-state index in [2.05, 4.69) is 39.9 Å². The summed E-state index contributed by atoms with van der Waals surface area (Å²) in [6.07, 6.45) is 12.3. The van der Waals surface area contributed by atoms with Gasteiger partial charge in [-0.15, -0.1) is 0 Å². The number of aliphatic hydroxyl groups is 1. The average molecular weight is 480 g/mol. The SMILES string of the molecule is C=C(/C=C\CC(F)(F)P)c1noc([C@H](CO)NC(=O)C2=CCC(C)(N3CCCCC3)C=C2)n1. The fourth-order valence-corrected chi connectivity index (χ4v) is 4.03. The molecule has 3 rings (SSSR count). The van der Waals surface area contributed by atoms with Crippen LogP contribution in [0.1, 0.15) is 56.8 Å². The Morgan fingerprint density at radius 2 is 2.18 bits per heavy atom. The number of allylic oxidation sites excluding steroid dienone is 3. The number of likely N-dealkylation sites (tertiary alicyclic amines) is 1. The number of aliphatic hydroxyl groups excluding tert-OH is 1. The lowest BCUT2D eigenvalue weighted by molar-refractivity contribution is -0.118. The number of amides is 1. The summed E-state index contributed by atoms with van der Waals surface area (Å²) in [5, 5.41) is 16.2. The van der Waals surface area contributed by atoms with Gasteiger partial charge in [0.2, 0.25) is 5.82 Å². The number of carbonyl (C=O) groups excluding carboxylic acids is 1. The van der Waals surface area contributed by atoms with Crippen LogP contribution in [0.3, 0.4) is 0 Å². The van der Waals surface area contributed by atoms with Crippen LogP contribution in [0.25, 0.3) is 5.57 Å². The molecule has 7 nitrogen and oxygen atoms in total. The number of hydrogen-bond acceptors (Lipinski definition) is 6. The molecule has 1 aliphatic heterocycles. The van der Waals surface area contributed by atoms with Crippen LogP contribution in [0.15, 0.2) is 47.1 Å². The van der Waals surface area contributed by atoms with Gasteiger partial charge in [0.05, 0.1) is 6.61 Å². The minimum atomic E-state index is -2.90. The van der Waals surface area contributed by atoms with Gasteiger partial charge in [-0.2, -0.15) is 4.98 Å². The minimum absolute atomic E-state index is 0.00493. The van der Waals surface area contributed by atoms with Crippen molar-refractivity contribution in [2.75, 3.05) is 19.7 Å². The van der Waals surface area contributed by atoms with E-state index in [1.165, 1.54) is 40.7 Å². The predicted molar refractivity (Wildman–Crippen MR) is 125 cm³/mol. The molecule has 1 aliphatic carbocycles. The van der Waals surface area contributed by atoms with Crippen LogP contribution >= 0.6 is 9.24 Å². The van der Waals surface area contributed by atoms with Crippen molar-refractivity contribution < 1.29 is 23.2 Å². The lowest BCUT2D eigenvalue weighted by Gasteiger charge is -2.42. The highest BCUT2D eigenvalue weighted by molar-refractivity contribution is 7.18. The number of rotatable bonds is 9. The summed E-state index contributed by atoms with van der Waals surface area (Å²) in [5.41, 5.74) is -2.22. The number of piperidine rings is 1. The number of carbonyl (C=O) groups is 1. The lowest BCUT2D eigenvalue weighted by atomic mass is 9.87. The number of nitrogens with zero attached hydrogens (tertiary/aromatic N) is 3. The van der Waals surface area contributed by atoms with Crippen molar-refractivity contribution in [2.45, 2.75) is 56.3 Å². The largest absolute Gasteiger partial charge is 0.394 e. The molecule has 2 aliphatic rings. The van der Waals surface area contributed by atoms with Crippen molar-refractivity contribution in [1.82, 2.24) is 20.4 Å². The molecule has 1 saturated heterocycles. The third kappa shape index (κ3) is 6.88. The summed E-state index contributed by atoms with van der Waals surface area (Å²) in [7, 11) is 1.46. The van der Waals surface area contributed by atoms with Gasteiger partial charge in [0.15, 0.2) is 0 Å². The molecule has 0 radical (unpaired) electrons. The monoisotopic (exact) mass is 480 g/mol. The maximum absolute atomic E-state index is 12.9. The summed E-state index contributed by atoms with van der Waals surface area (Å²) in [4.78, 5) is 19.4. The zero-order valence-corrected chi connectivity index (χ0v) is 19.9. The van der Waals surface area contributed by atoms with Gasteiger partial charge in [0, 0.05) is 23.1 Å². The molecule has 0 aromatic carbocycles. The summed E-state index contributed by atoms with van der Waals surface area (Å²) >= 11 is 0. The van der Waals surface area contributed by atoms with Gasteiger partial charge in [-0.1, -0.05) is 57.8 Å². The number of halogens is 2. The molecule has 3 atom stereocenters. The van der Waals surface area contributed by atoms with Crippen LogP contribution in [-0.2, 0) is 4.79 Å². The van der Waals surface area contributed by atoms with E-state index in [-0.39, 0.29) is 28.7 Å². The molecular weight excluding hydrogens is 449 g/mol. The topological polar surface area (TPSA) is 91.5 Å². The second kappa shape index (κ2) is 10.8. The number of alkyl halides is 2. The van der Waals surface area contributed by atoms with E-state index in [0.717, 1.165) is 19.5 Å². The molecule has 0 spiro atoms. The van der Waals surface area contributed by atoms with Gasteiger partial charge in [0.25, 0.3) is 17.5 Å². The molecule has 2 unspecified atom stereocenters. The van der Waals surface area contributed by atoms with E-state index in [9.17, 15) is 18.7 Å². The third-order valence-corrected chi connectivity index (χ3v) is 6.16. The maximum Gasteiger partial charge on any atom is 0.262 e. The van der Waals surface area contributed by atoms with Gasteiger partial charge in [-0.25, -0.2) is 8.78 Å². The van der Waals surface area contributed by atoms with Crippen molar-refractivity contribution in [1.29, 1.82) is 0 Å². The highest BCUT2D eigenvalue weighted by Gasteiger charge is 2.32. The molecule has 1 aromatic rings. The van der Waals surface area contributed by atoms with Crippen molar-refractivity contribution in [3.63, 3.8) is 0 Å². The number of hydrogen-bond donors (Lipinski definition) is 2. The minimum Gasteiger partial charge on any atom is -0.394 e. The first kappa shape index (κ1) is 25.4. The quantitative estimate of drug-likeness (QED) is 0.413. The highest BCUT2D eigenvalue weighted by Crippen LogP contribution is 2.30. The molecule has 1 fully saturated rings. The first-order chi connectivity index (χ1) is 15.6. The van der Waals surface area contributed by atoms with Crippen molar-refractivity contribution in [3.05, 3.63) is 54.2 Å². The van der Waals surface area contributed by atoms with E-state index in [1.807, 2.05) is 12.2 Å². The van der Waals surface area contributed by atoms with Gasteiger partial charge in [-0.05, 0) is 39.3 Å². The Balaban J connectivity index is 1.59. The Morgan fingerprint density at radius 3 is 2.79 bits per heavy atom. The van der Waals surface area contributed by atoms with Gasteiger partial charge in [-0.3, -0.25) is 9.69 Å². The van der Waals surface area contributed by atoms with E-state index < -0.39 is 24.7 Å². The highest BCUT2D eigenvalue weighted by atomic mass is 31.0. The Kier molecular flexibility index (Phi) is 8.32.